The normalized spacial score (nSPS) is 11.9. The fraction of sp³-hybridized carbons (Fsp3) is 0.750. The second-order valence-corrected chi connectivity index (χ2v) is 5.48. The van der Waals surface area contributed by atoms with Gasteiger partial charge in [0.1, 0.15) is 0 Å². The zero-order valence-corrected chi connectivity index (χ0v) is 12.8. The van der Waals surface area contributed by atoms with Crippen LogP contribution in [0.2, 0.25) is 0 Å². The molecule has 0 radical (unpaired) electrons. The number of unbranched alkanes of at least 4 members (excludes halogenated alkanes) is 2. The molecule has 2 N–H and O–H groups in total. The lowest BCUT2D eigenvalue weighted by molar-refractivity contribution is 0.260. The van der Waals surface area contributed by atoms with E-state index < -0.39 is 0 Å². The summed E-state index contributed by atoms with van der Waals surface area (Å²) in [6.45, 7) is 0.682. The molecule has 4 nitrogen and oxygen atoms in total. The first-order valence-electron chi connectivity index (χ1n) is 4.55. The molecule has 15 heavy (non-hydrogen) atoms. The highest BCUT2D eigenvalue weighted by atomic mass is 79.9. The Labute approximate surface area is 114 Å². The molecule has 0 aromatic rings. The van der Waals surface area contributed by atoms with Crippen molar-refractivity contribution in [2.24, 2.45) is 0 Å². The first kappa shape index (κ1) is 15.4. The van der Waals surface area contributed by atoms with Gasteiger partial charge >= 0.3 is 0 Å². The topological polar surface area (TPSA) is 58.2 Å². The number of hydrogen-bond donors (Lipinski definition) is 2. The van der Waals surface area contributed by atoms with Gasteiger partial charge < -0.3 is 10.6 Å². The van der Waals surface area contributed by atoms with Crippen molar-refractivity contribution in [2.45, 2.75) is 30.6 Å². The summed E-state index contributed by atoms with van der Waals surface area (Å²) >= 11 is 8.91. The van der Waals surface area contributed by atoms with Crippen molar-refractivity contribution >= 4 is 57.4 Å². The van der Waals surface area contributed by atoms with Crippen molar-refractivity contribution in [3.05, 3.63) is 0 Å². The van der Waals surface area contributed by atoms with Crippen LogP contribution in [0.3, 0.4) is 0 Å². The summed E-state index contributed by atoms with van der Waals surface area (Å²) < 4.78 is 0. The molecular weight excluding hydrogens is 396 g/mol. The molecule has 0 aromatic heterocycles. The summed E-state index contributed by atoms with van der Waals surface area (Å²) in [5.74, 6) is 0. The van der Waals surface area contributed by atoms with E-state index in [9.17, 15) is 9.59 Å². The number of rotatable bonds is 7. The van der Waals surface area contributed by atoms with Crippen molar-refractivity contribution < 1.29 is 9.59 Å². The van der Waals surface area contributed by atoms with Crippen LogP contribution in [-0.4, -0.2) is 21.1 Å². The van der Waals surface area contributed by atoms with Crippen LogP contribution < -0.4 is 10.6 Å². The lowest BCUT2D eigenvalue weighted by Crippen LogP contribution is -2.25. The SMILES string of the molecule is O=C(Br)NCCCCCC(Br)NC(=O)Br. The molecule has 0 bridgehead atoms. The Morgan fingerprint density at radius 3 is 2.27 bits per heavy atom. The van der Waals surface area contributed by atoms with E-state index in [1.54, 1.807) is 0 Å². The third kappa shape index (κ3) is 12.3. The molecular formula is C8H13Br3N2O2. The molecule has 0 heterocycles. The molecule has 88 valence electrons. The highest BCUT2D eigenvalue weighted by molar-refractivity contribution is 9.18. The van der Waals surface area contributed by atoms with Gasteiger partial charge in [-0.2, -0.15) is 0 Å². The molecule has 1 atom stereocenters. The zero-order valence-electron chi connectivity index (χ0n) is 8.06. The number of hydrogen-bond acceptors (Lipinski definition) is 2. The van der Waals surface area contributed by atoms with Crippen LogP contribution >= 0.6 is 47.8 Å². The Morgan fingerprint density at radius 2 is 1.73 bits per heavy atom. The Balaban J connectivity index is 3.23. The van der Waals surface area contributed by atoms with E-state index in [1.807, 2.05) is 0 Å². The fourth-order valence-corrected chi connectivity index (χ4v) is 2.32. The molecule has 1 unspecified atom stereocenters. The molecule has 2 amide bonds. The first-order chi connectivity index (χ1) is 7.02. The van der Waals surface area contributed by atoms with E-state index in [-0.39, 0.29) is 14.6 Å². The largest absolute Gasteiger partial charge is 0.347 e. The highest BCUT2D eigenvalue weighted by Crippen LogP contribution is 2.09. The van der Waals surface area contributed by atoms with Gasteiger partial charge in [-0.25, -0.2) is 0 Å². The Kier molecular flexibility index (Phi) is 9.84. The Morgan fingerprint density at radius 1 is 1.07 bits per heavy atom. The minimum Gasteiger partial charge on any atom is -0.347 e. The van der Waals surface area contributed by atoms with Gasteiger partial charge in [0, 0.05) is 38.4 Å². The van der Waals surface area contributed by atoms with Crippen molar-refractivity contribution in [1.82, 2.24) is 10.6 Å². The van der Waals surface area contributed by atoms with Gasteiger partial charge in [0.25, 0.3) is 9.63 Å². The maximum Gasteiger partial charge on any atom is 0.288 e. The zero-order chi connectivity index (χ0) is 11.7. The van der Waals surface area contributed by atoms with Crippen LogP contribution in [0.1, 0.15) is 25.7 Å². The van der Waals surface area contributed by atoms with Gasteiger partial charge in [-0.3, -0.25) is 9.59 Å². The Bertz CT molecular complexity index is 214. The Hall–Kier alpha value is 0.380. The highest BCUT2D eigenvalue weighted by Gasteiger charge is 2.04. The van der Waals surface area contributed by atoms with Crippen LogP contribution in [0, 0.1) is 0 Å². The van der Waals surface area contributed by atoms with Gasteiger partial charge in [-0.05, 0) is 12.8 Å². The average Bonchev–Trinajstić information content (AvgIpc) is 2.09. The van der Waals surface area contributed by atoms with E-state index in [0.29, 0.717) is 6.54 Å². The second-order valence-electron chi connectivity index (χ2n) is 2.94. The third-order valence-electron chi connectivity index (χ3n) is 1.67. The fourth-order valence-electron chi connectivity index (χ4n) is 1.01. The van der Waals surface area contributed by atoms with Crippen molar-refractivity contribution in [3.63, 3.8) is 0 Å². The van der Waals surface area contributed by atoms with Crippen LogP contribution in [0.4, 0.5) is 9.59 Å². The predicted molar refractivity (Wildman–Crippen MR) is 71.0 cm³/mol. The molecule has 0 aromatic carbocycles. The molecule has 0 spiro atoms. The lowest BCUT2D eigenvalue weighted by Gasteiger charge is -2.09. The molecule has 7 heteroatoms. The summed E-state index contributed by atoms with van der Waals surface area (Å²) in [7, 11) is 0. The van der Waals surface area contributed by atoms with Crippen LogP contribution in [0.25, 0.3) is 0 Å². The summed E-state index contributed by atoms with van der Waals surface area (Å²) in [5.41, 5.74) is 0. The van der Waals surface area contributed by atoms with Crippen LogP contribution in [0.15, 0.2) is 0 Å². The second kappa shape index (κ2) is 9.59. The predicted octanol–water partition coefficient (Wildman–Crippen LogP) is 3.48. The number of halogens is 3. The van der Waals surface area contributed by atoms with Crippen molar-refractivity contribution in [2.75, 3.05) is 6.54 Å². The molecule has 0 aliphatic rings. The minimum atomic E-state index is -0.212. The maximum absolute atomic E-state index is 10.6. The number of alkyl halides is 1. The molecule has 0 saturated heterocycles. The number of carbonyl (C=O) groups excluding carboxylic acids is 2. The summed E-state index contributed by atoms with van der Waals surface area (Å²) in [4.78, 5) is 20.7. The van der Waals surface area contributed by atoms with Gasteiger partial charge in [-0.15, -0.1) is 0 Å². The van der Waals surface area contributed by atoms with E-state index >= 15 is 0 Å². The summed E-state index contributed by atoms with van der Waals surface area (Å²) in [6.07, 6.45) is 3.84. The third-order valence-corrected chi connectivity index (χ3v) is 2.86. The maximum atomic E-state index is 10.6. The summed E-state index contributed by atoms with van der Waals surface area (Å²) in [6, 6.07) is 0. The van der Waals surface area contributed by atoms with E-state index in [2.05, 4.69) is 58.4 Å². The summed E-state index contributed by atoms with van der Waals surface area (Å²) in [5, 5.41) is 5.32. The van der Waals surface area contributed by atoms with E-state index in [1.165, 1.54) is 0 Å². The molecule has 0 saturated carbocycles. The smallest absolute Gasteiger partial charge is 0.288 e. The first-order valence-corrected chi connectivity index (χ1v) is 7.06. The number of carbonyl (C=O) groups is 2. The van der Waals surface area contributed by atoms with E-state index in [0.717, 1.165) is 25.7 Å². The monoisotopic (exact) mass is 406 g/mol. The van der Waals surface area contributed by atoms with Gasteiger partial charge in [0.05, 0.1) is 4.95 Å². The molecule has 0 aliphatic heterocycles. The average molecular weight is 409 g/mol. The minimum absolute atomic E-state index is 0.00939. The van der Waals surface area contributed by atoms with Crippen LogP contribution in [0.5, 0.6) is 0 Å². The van der Waals surface area contributed by atoms with E-state index in [4.69, 9.17) is 0 Å². The standard InChI is InChI=1S/C8H13Br3N2O2/c9-6(13-8(11)15)4-2-1-3-5-12-7(10)14/h6H,1-5H2,(H,12,14)(H,13,15). The number of nitrogens with one attached hydrogen (secondary N) is 2. The van der Waals surface area contributed by atoms with Gasteiger partial charge in [0.15, 0.2) is 0 Å². The lowest BCUT2D eigenvalue weighted by atomic mass is 10.2. The van der Waals surface area contributed by atoms with Gasteiger partial charge in [-0.1, -0.05) is 28.8 Å². The van der Waals surface area contributed by atoms with Crippen molar-refractivity contribution in [3.8, 4) is 0 Å². The van der Waals surface area contributed by atoms with Crippen LogP contribution in [-0.2, 0) is 0 Å². The molecule has 0 rings (SSSR count). The number of amides is 2. The molecule has 0 aliphatic carbocycles. The molecule has 0 fully saturated rings. The van der Waals surface area contributed by atoms with Gasteiger partial charge in [0.2, 0.25) is 0 Å². The quantitative estimate of drug-likeness (QED) is 0.293. The van der Waals surface area contributed by atoms with Crippen molar-refractivity contribution in [1.29, 1.82) is 0 Å².